The number of H-pyrrole nitrogens is 1. The number of nitrogens with zero attached hydrogens (tertiary/aromatic N) is 4. The van der Waals surface area contributed by atoms with Crippen molar-refractivity contribution in [3.63, 3.8) is 0 Å². The van der Waals surface area contributed by atoms with E-state index in [9.17, 15) is 13.6 Å². The highest BCUT2D eigenvalue weighted by molar-refractivity contribution is 7.13. The molecular formula is C14H14F2N6OS. The van der Waals surface area contributed by atoms with Crippen molar-refractivity contribution >= 4 is 22.9 Å². The number of thiazole rings is 1. The number of carbonyl (C=O) groups excluding carboxylic acids is 1. The van der Waals surface area contributed by atoms with Gasteiger partial charge < -0.3 is 5.32 Å². The first-order valence-corrected chi connectivity index (χ1v) is 7.97. The summed E-state index contributed by atoms with van der Waals surface area (Å²) in [4.78, 5) is 16.5. The smallest absolute Gasteiger partial charge is 0.284 e. The average Bonchev–Trinajstić information content (AvgIpc) is 3.26. The van der Waals surface area contributed by atoms with Crippen LogP contribution in [0.2, 0.25) is 0 Å². The second-order valence-electron chi connectivity index (χ2n) is 5.28. The standard InChI is InChI=1S/C14H14F2N6OS/c1-7(2)22-5-9(11(21-22)12(15)16)19-13(23)10-6-24-14(20-10)8-3-17-18-4-8/h3-7,12H,1-2H3,(H,17,18)(H,19,23). The number of amides is 1. The summed E-state index contributed by atoms with van der Waals surface area (Å²) in [5.41, 5.74) is 0.428. The zero-order chi connectivity index (χ0) is 17.3. The van der Waals surface area contributed by atoms with Crippen LogP contribution in [0, 0.1) is 0 Å². The number of alkyl halides is 2. The normalized spacial score (nSPS) is 11.4. The van der Waals surface area contributed by atoms with Crippen LogP contribution in [0.5, 0.6) is 0 Å². The van der Waals surface area contributed by atoms with Crippen LogP contribution in [0.25, 0.3) is 10.6 Å². The fraction of sp³-hybridized carbons (Fsp3) is 0.286. The minimum Gasteiger partial charge on any atom is -0.317 e. The van der Waals surface area contributed by atoms with E-state index in [2.05, 4.69) is 25.6 Å². The largest absolute Gasteiger partial charge is 0.317 e. The molecule has 126 valence electrons. The summed E-state index contributed by atoms with van der Waals surface area (Å²) in [5, 5.41) is 14.9. The summed E-state index contributed by atoms with van der Waals surface area (Å²) in [6, 6.07) is -0.0971. The second kappa shape index (κ2) is 6.48. The first-order valence-electron chi connectivity index (χ1n) is 7.09. The van der Waals surface area contributed by atoms with Crippen molar-refractivity contribution < 1.29 is 13.6 Å². The Balaban J connectivity index is 1.82. The summed E-state index contributed by atoms with van der Waals surface area (Å²) < 4.78 is 27.6. The van der Waals surface area contributed by atoms with E-state index in [0.29, 0.717) is 5.01 Å². The predicted octanol–water partition coefficient (Wildman–Crippen LogP) is 3.50. The predicted molar refractivity (Wildman–Crippen MR) is 85.2 cm³/mol. The molecule has 0 bridgehead atoms. The number of hydrogen-bond acceptors (Lipinski definition) is 5. The van der Waals surface area contributed by atoms with Crippen molar-refractivity contribution in [2.75, 3.05) is 5.32 Å². The number of anilines is 1. The number of halogens is 2. The van der Waals surface area contributed by atoms with Crippen LogP contribution < -0.4 is 5.32 Å². The minimum absolute atomic E-state index is 0.0124. The number of hydrogen-bond donors (Lipinski definition) is 2. The van der Waals surface area contributed by atoms with E-state index in [0.717, 1.165) is 5.56 Å². The third kappa shape index (κ3) is 3.18. The van der Waals surface area contributed by atoms with Gasteiger partial charge in [-0.15, -0.1) is 11.3 Å². The molecule has 24 heavy (non-hydrogen) atoms. The molecule has 0 radical (unpaired) electrons. The van der Waals surface area contributed by atoms with E-state index in [1.165, 1.54) is 22.2 Å². The van der Waals surface area contributed by atoms with Gasteiger partial charge in [-0.05, 0) is 13.8 Å². The van der Waals surface area contributed by atoms with Gasteiger partial charge in [0.2, 0.25) is 0 Å². The van der Waals surface area contributed by atoms with Gasteiger partial charge in [-0.2, -0.15) is 10.2 Å². The van der Waals surface area contributed by atoms with Crippen LogP contribution in [-0.2, 0) is 0 Å². The highest BCUT2D eigenvalue weighted by Gasteiger charge is 2.22. The molecule has 3 aromatic heterocycles. The van der Waals surface area contributed by atoms with Crippen LogP contribution >= 0.6 is 11.3 Å². The Morgan fingerprint density at radius 3 is 2.83 bits per heavy atom. The molecule has 3 rings (SSSR count). The highest BCUT2D eigenvalue weighted by Crippen LogP contribution is 2.28. The lowest BCUT2D eigenvalue weighted by Crippen LogP contribution is -2.13. The van der Waals surface area contributed by atoms with Gasteiger partial charge in [-0.1, -0.05) is 0 Å². The summed E-state index contributed by atoms with van der Waals surface area (Å²) in [6.45, 7) is 3.62. The quantitative estimate of drug-likeness (QED) is 0.735. The zero-order valence-corrected chi connectivity index (χ0v) is 13.6. The van der Waals surface area contributed by atoms with Gasteiger partial charge >= 0.3 is 0 Å². The van der Waals surface area contributed by atoms with Gasteiger partial charge in [0.05, 0.1) is 11.9 Å². The van der Waals surface area contributed by atoms with Gasteiger partial charge in [0.1, 0.15) is 10.7 Å². The van der Waals surface area contributed by atoms with E-state index in [1.807, 2.05) is 13.8 Å². The molecule has 2 N–H and O–H groups in total. The van der Waals surface area contributed by atoms with Gasteiger partial charge in [0.15, 0.2) is 5.69 Å². The maximum Gasteiger partial charge on any atom is 0.284 e. The Kier molecular flexibility index (Phi) is 4.38. The summed E-state index contributed by atoms with van der Waals surface area (Å²) in [7, 11) is 0. The number of aromatic nitrogens is 5. The molecule has 0 aliphatic heterocycles. The summed E-state index contributed by atoms with van der Waals surface area (Å²) in [6.07, 6.45) is 1.86. The van der Waals surface area contributed by atoms with Crippen LogP contribution in [0.1, 0.15) is 42.5 Å². The van der Waals surface area contributed by atoms with Crippen LogP contribution in [0.4, 0.5) is 14.5 Å². The van der Waals surface area contributed by atoms with Crippen molar-refractivity contribution in [3.05, 3.63) is 35.4 Å². The molecule has 3 aromatic rings. The van der Waals surface area contributed by atoms with Crippen molar-refractivity contribution in [1.29, 1.82) is 0 Å². The molecule has 1 amide bonds. The lowest BCUT2D eigenvalue weighted by atomic mass is 10.3. The molecule has 0 saturated heterocycles. The van der Waals surface area contributed by atoms with Crippen LogP contribution in [-0.4, -0.2) is 30.9 Å². The van der Waals surface area contributed by atoms with E-state index in [-0.39, 0.29) is 17.4 Å². The molecule has 3 heterocycles. The number of rotatable bonds is 5. The lowest BCUT2D eigenvalue weighted by molar-refractivity contribution is 0.102. The van der Waals surface area contributed by atoms with E-state index in [4.69, 9.17) is 0 Å². The maximum absolute atomic E-state index is 13.1. The Morgan fingerprint density at radius 2 is 2.21 bits per heavy atom. The minimum atomic E-state index is -2.78. The molecular weight excluding hydrogens is 338 g/mol. The molecule has 7 nitrogen and oxygen atoms in total. The molecule has 0 spiro atoms. The molecule has 0 aliphatic rings. The monoisotopic (exact) mass is 352 g/mol. The fourth-order valence-electron chi connectivity index (χ4n) is 1.99. The van der Waals surface area contributed by atoms with Gasteiger partial charge in [0, 0.05) is 29.4 Å². The molecule has 0 aromatic carbocycles. The number of carbonyl (C=O) groups is 1. The third-order valence-corrected chi connectivity index (χ3v) is 4.12. The van der Waals surface area contributed by atoms with Gasteiger partial charge in [-0.25, -0.2) is 13.8 Å². The fourth-order valence-corrected chi connectivity index (χ4v) is 2.77. The van der Waals surface area contributed by atoms with Crippen molar-refractivity contribution in [2.24, 2.45) is 0 Å². The summed E-state index contributed by atoms with van der Waals surface area (Å²) >= 11 is 1.27. The Morgan fingerprint density at radius 1 is 1.42 bits per heavy atom. The van der Waals surface area contributed by atoms with E-state index < -0.39 is 18.0 Å². The average molecular weight is 352 g/mol. The first-order chi connectivity index (χ1) is 11.5. The maximum atomic E-state index is 13.1. The van der Waals surface area contributed by atoms with E-state index in [1.54, 1.807) is 17.8 Å². The van der Waals surface area contributed by atoms with Crippen molar-refractivity contribution in [2.45, 2.75) is 26.3 Å². The van der Waals surface area contributed by atoms with E-state index >= 15 is 0 Å². The molecule has 0 unspecified atom stereocenters. The topological polar surface area (TPSA) is 88.5 Å². The van der Waals surface area contributed by atoms with Gasteiger partial charge in [0.25, 0.3) is 12.3 Å². The molecule has 0 aliphatic carbocycles. The Bertz CT molecular complexity index is 839. The number of aromatic amines is 1. The molecule has 10 heteroatoms. The van der Waals surface area contributed by atoms with Crippen LogP contribution in [0.3, 0.4) is 0 Å². The van der Waals surface area contributed by atoms with Crippen molar-refractivity contribution in [3.8, 4) is 10.6 Å². The summed E-state index contributed by atoms with van der Waals surface area (Å²) in [5.74, 6) is -0.564. The van der Waals surface area contributed by atoms with Crippen LogP contribution in [0.15, 0.2) is 24.0 Å². The SMILES string of the molecule is CC(C)n1cc(NC(=O)c2csc(-c3cn[nH]c3)n2)c(C(F)F)n1. The third-order valence-electron chi connectivity index (χ3n) is 3.23. The Labute approximate surface area is 139 Å². The molecule has 0 fully saturated rings. The number of nitrogens with one attached hydrogen (secondary N) is 2. The van der Waals surface area contributed by atoms with Crippen molar-refractivity contribution in [1.82, 2.24) is 25.0 Å². The lowest BCUT2D eigenvalue weighted by Gasteiger charge is -2.03. The first kappa shape index (κ1) is 16.2. The molecule has 0 atom stereocenters. The highest BCUT2D eigenvalue weighted by atomic mass is 32.1. The Hall–Kier alpha value is -2.62. The molecule has 0 saturated carbocycles. The second-order valence-corrected chi connectivity index (χ2v) is 6.14. The van der Waals surface area contributed by atoms with Gasteiger partial charge in [-0.3, -0.25) is 14.6 Å². The zero-order valence-electron chi connectivity index (χ0n) is 12.8.